The van der Waals surface area contributed by atoms with E-state index in [0.717, 1.165) is 25.2 Å². The minimum atomic E-state index is -5.31. The number of aryl methyl sites for hydroxylation is 1. The van der Waals surface area contributed by atoms with Crippen LogP contribution in [0.4, 0.5) is 40.8 Å². The van der Waals surface area contributed by atoms with Crippen LogP contribution < -0.4 is 15.4 Å². The Bertz CT molecular complexity index is 1020. The van der Waals surface area contributed by atoms with E-state index < -0.39 is 60.0 Å². The van der Waals surface area contributed by atoms with Crippen molar-refractivity contribution in [1.82, 2.24) is 15.1 Å². The topological polar surface area (TPSA) is 85.2 Å². The standard InChI is InChI=1S/C16H11ClF8N4O3/c1-29-10(9(16(23,24)25)13(28-29)32-14(18)19)12(31)27-6-2-3-8(17)7(4-6)11(30)26-5-15(20,21)22/h2-4,14H,5H2,1H3,(H,26,30)(H,27,31). The molecule has 2 aromatic rings. The lowest BCUT2D eigenvalue weighted by atomic mass is 10.1. The van der Waals surface area contributed by atoms with E-state index in [1.807, 2.05) is 5.32 Å². The van der Waals surface area contributed by atoms with Crippen LogP contribution in [-0.4, -0.2) is 40.9 Å². The third-order valence-electron chi connectivity index (χ3n) is 3.63. The molecule has 1 aromatic heterocycles. The molecule has 0 aliphatic heterocycles. The van der Waals surface area contributed by atoms with Gasteiger partial charge in [0.25, 0.3) is 17.7 Å². The number of benzene rings is 1. The maximum atomic E-state index is 13.4. The molecule has 0 atom stereocenters. The lowest BCUT2D eigenvalue weighted by Crippen LogP contribution is -2.33. The smallest absolute Gasteiger partial charge is 0.415 e. The molecule has 1 aromatic carbocycles. The van der Waals surface area contributed by atoms with E-state index in [2.05, 4.69) is 9.84 Å². The Hall–Kier alpha value is -3.10. The van der Waals surface area contributed by atoms with Gasteiger partial charge in [-0.1, -0.05) is 11.6 Å². The fourth-order valence-corrected chi connectivity index (χ4v) is 2.63. The molecule has 0 saturated carbocycles. The van der Waals surface area contributed by atoms with Gasteiger partial charge in [0, 0.05) is 12.7 Å². The monoisotopic (exact) mass is 494 g/mol. The Morgan fingerprint density at radius 2 is 1.78 bits per heavy atom. The molecule has 0 aliphatic carbocycles. The summed E-state index contributed by atoms with van der Waals surface area (Å²) in [6.07, 6.45) is -10.0. The number of alkyl halides is 8. The van der Waals surface area contributed by atoms with Crippen LogP contribution >= 0.6 is 11.6 Å². The molecule has 0 fully saturated rings. The molecule has 16 heteroatoms. The van der Waals surface area contributed by atoms with E-state index in [4.69, 9.17) is 11.6 Å². The molecule has 2 N–H and O–H groups in total. The van der Waals surface area contributed by atoms with Crippen molar-refractivity contribution in [1.29, 1.82) is 0 Å². The average Bonchev–Trinajstić information content (AvgIpc) is 2.96. The molecule has 0 spiro atoms. The lowest BCUT2D eigenvalue weighted by molar-refractivity contribution is -0.142. The average molecular weight is 495 g/mol. The lowest BCUT2D eigenvalue weighted by Gasteiger charge is -2.13. The van der Waals surface area contributed by atoms with Gasteiger partial charge in [0.05, 0.1) is 10.6 Å². The molecule has 0 unspecified atom stereocenters. The Morgan fingerprint density at radius 3 is 2.31 bits per heavy atom. The fraction of sp³-hybridized carbons (Fsp3) is 0.312. The molecule has 2 rings (SSSR count). The Morgan fingerprint density at radius 1 is 1.16 bits per heavy atom. The molecule has 32 heavy (non-hydrogen) atoms. The zero-order chi connectivity index (χ0) is 24.4. The molecular weight excluding hydrogens is 484 g/mol. The van der Waals surface area contributed by atoms with E-state index >= 15 is 0 Å². The van der Waals surface area contributed by atoms with Crippen LogP contribution in [0.5, 0.6) is 5.88 Å². The second-order valence-electron chi connectivity index (χ2n) is 5.98. The highest BCUT2D eigenvalue weighted by Gasteiger charge is 2.43. The van der Waals surface area contributed by atoms with Gasteiger partial charge in [0.15, 0.2) is 5.56 Å². The minimum Gasteiger partial charge on any atom is -0.415 e. The van der Waals surface area contributed by atoms with Crippen LogP contribution in [0.2, 0.25) is 5.02 Å². The normalized spacial score (nSPS) is 12.1. The maximum absolute atomic E-state index is 13.4. The van der Waals surface area contributed by atoms with Crippen molar-refractivity contribution in [2.24, 2.45) is 7.05 Å². The van der Waals surface area contributed by atoms with Crippen LogP contribution in [0.15, 0.2) is 18.2 Å². The molecule has 0 aliphatic rings. The predicted molar refractivity (Wildman–Crippen MR) is 92.6 cm³/mol. The van der Waals surface area contributed by atoms with Crippen LogP contribution in [0.3, 0.4) is 0 Å². The van der Waals surface area contributed by atoms with Gasteiger partial charge in [-0.25, -0.2) is 0 Å². The number of amides is 2. The number of anilines is 1. The van der Waals surface area contributed by atoms with Crippen molar-refractivity contribution in [3.8, 4) is 5.88 Å². The molecule has 0 bridgehead atoms. The predicted octanol–water partition coefficient (Wildman–Crippen LogP) is 4.24. The number of carbonyl (C=O) groups is 2. The largest absolute Gasteiger partial charge is 0.423 e. The van der Waals surface area contributed by atoms with Crippen molar-refractivity contribution >= 4 is 29.1 Å². The van der Waals surface area contributed by atoms with Gasteiger partial charge in [-0.15, -0.1) is 5.10 Å². The second-order valence-corrected chi connectivity index (χ2v) is 6.38. The van der Waals surface area contributed by atoms with Crippen molar-refractivity contribution in [3.63, 3.8) is 0 Å². The zero-order valence-corrected chi connectivity index (χ0v) is 16.3. The Balaban J connectivity index is 2.36. The zero-order valence-electron chi connectivity index (χ0n) is 15.5. The van der Waals surface area contributed by atoms with Crippen LogP contribution in [0.25, 0.3) is 0 Å². The van der Waals surface area contributed by atoms with Gasteiger partial charge in [-0.2, -0.15) is 35.1 Å². The number of hydrogen-bond acceptors (Lipinski definition) is 4. The summed E-state index contributed by atoms with van der Waals surface area (Å²) in [7, 11) is 0.861. The second kappa shape index (κ2) is 9.18. The first-order valence-electron chi connectivity index (χ1n) is 8.15. The molecule has 176 valence electrons. The summed E-state index contributed by atoms with van der Waals surface area (Å²) in [6, 6.07) is 2.85. The third kappa shape index (κ3) is 6.21. The number of nitrogens with zero attached hydrogens (tertiary/aromatic N) is 2. The number of halogens is 9. The first kappa shape index (κ1) is 25.2. The molecule has 2 amide bonds. The summed E-state index contributed by atoms with van der Waals surface area (Å²) >= 11 is 5.75. The van der Waals surface area contributed by atoms with Crippen molar-refractivity contribution in [3.05, 3.63) is 40.0 Å². The summed E-state index contributed by atoms with van der Waals surface area (Å²) in [5, 5.41) is 6.33. The number of carbonyl (C=O) groups excluding carboxylic acids is 2. The number of nitrogens with one attached hydrogen (secondary N) is 2. The van der Waals surface area contributed by atoms with E-state index in [9.17, 15) is 44.7 Å². The Kier molecular flexibility index (Phi) is 7.22. The summed E-state index contributed by atoms with van der Waals surface area (Å²) in [5.41, 5.74) is -3.93. The highest BCUT2D eigenvalue weighted by molar-refractivity contribution is 6.34. The molecule has 0 radical (unpaired) electrons. The summed E-state index contributed by atoms with van der Waals surface area (Å²) in [5.74, 6) is -4.29. The summed E-state index contributed by atoms with van der Waals surface area (Å²) in [6.45, 7) is -5.34. The number of rotatable bonds is 6. The van der Waals surface area contributed by atoms with Gasteiger partial charge in [-0.05, 0) is 18.2 Å². The quantitative estimate of drug-likeness (QED) is 0.588. The van der Waals surface area contributed by atoms with E-state index in [1.165, 1.54) is 0 Å². The highest BCUT2D eigenvalue weighted by Crippen LogP contribution is 2.39. The van der Waals surface area contributed by atoms with E-state index in [0.29, 0.717) is 4.68 Å². The minimum absolute atomic E-state index is 0.313. The first-order chi connectivity index (χ1) is 14.6. The van der Waals surface area contributed by atoms with Crippen LogP contribution in [-0.2, 0) is 13.2 Å². The van der Waals surface area contributed by atoms with Crippen molar-refractivity contribution in [2.75, 3.05) is 11.9 Å². The molecule has 1 heterocycles. The number of aromatic nitrogens is 2. The first-order valence-corrected chi connectivity index (χ1v) is 8.52. The maximum Gasteiger partial charge on any atom is 0.423 e. The Labute approximate surface area is 178 Å². The molecular formula is C16H11ClF8N4O3. The SMILES string of the molecule is Cn1nc(OC(F)F)c(C(F)(F)F)c1C(=O)Nc1ccc(Cl)c(C(=O)NCC(F)(F)F)c1. The van der Waals surface area contributed by atoms with Gasteiger partial charge in [0.1, 0.15) is 12.2 Å². The summed E-state index contributed by atoms with van der Waals surface area (Å²) in [4.78, 5) is 24.3. The van der Waals surface area contributed by atoms with Gasteiger partial charge >= 0.3 is 19.0 Å². The molecule has 0 saturated heterocycles. The van der Waals surface area contributed by atoms with E-state index in [-0.39, 0.29) is 10.7 Å². The summed E-state index contributed by atoms with van der Waals surface area (Å²) < 4.78 is 106. The number of hydrogen-bond donors (Lipinski definition) is 2. The highest BCUT2D eigenvalue weighted by atomic mass is 35.5. The van der Waals surface area contributed by atoms with Crippen LogP contribution in [0, 0.1) is 0 Å². The van der Waals surface area contributed by atoms with Crippen molar-refractivity contribution < 1.29 is 49.4 Å². The van der Waals surface area contributed by atoms with Crippen molar-refractivity contribution in [2.45, 2.75) is 19.0 Å². The number of ether oxygens (including phenoxy) is 1. The van der Waals surface area contributed by atoms with Gasteiger partial charge in [0.2, 0.25) is 0 Å². The third-order valence-corrected chi connectivity index (χ3v) is 3.96. The van der Waals surface area contributed by atoms with Gasteiger partial charge in [-0.3, -0.25) is 14.3 Å². The van der Waals surface area contributed by atoms with Crippen LogP contribution in [0.1, 0.15) is 26.4 Å². The fourth-order valence-electron chi connectivity index (χ4n) is 2.43. The van der Waals surface area contributed by atoms with Gasteiger partial charge < -0.3 is 15.4 Å². The van der Waals surface area contributed by atoms with E-state index in [1.54, 1.807) is 5.32 Å². The molecule has 7 nitrogen and oxygen atoms in total.